The van der Waals surface area contributed by atoms with Gasteiger partial charge in [-0.2, -0.15) is 0 Å². The van der Waals surface area contributed by atoms with Crippen LogP contribution in [-0.2, 0) is 11.3 Å². The van der Waals surface area contributed by atoms with Crippen LogP contribution in [0.3, 0.4) is 0 Å². The lowest BCUT2D eigenvalue weighted by molar-refractivity contribution is -0.0980. The number of hydrogen-bond donors (Lipinski definition) is 1. The van der Waals surface area contributed by atoms with E-state index in [0.29, 0.717) is 11.1 Å². The Kier molecular flexibility index (Phi) is 14.3. The predicted molar refractivity (Wildman–Crippen MR) is 150 cm³/mol. The highest BCUT2D eigenvalue weighted by Crippen LogP contribution is 2.22. The summed E-state index contributed by atoms with van der Waals surface area (Å²) >= 11 is 0. The van der Waals surface area contributed by atoms with E-state index < -0.39 is 0 Å². The Morgan fingerprint density at radius 2 is 1.68 bits per heavy atom. The first-order chi connectivity index (χ1) is 18.0. The van der Waals surface area contributed by atoms with Crippen molar-refractivity contribution in [1.29, 1.82) is 0 Å². The largest absolute Gasteiger partial charge is 0.400 e. The van der Waals surface area contributed by atoms with E-state index >= 15 is 0 Å². The molecule has 0 aromatic heterocycles. The van der Waals surface area contributed by atoms with Crippen LogP contribution in [0.25, 0.3) is 5.57 Å². The van der Waals surface area contributed by atoms with Gasteiger partial charge in [0.2, 0.25) is 0 Å². The summed E-state index contributed by atoms with van der Waals surface area (Å²) in [7, 11) is 2.78. The van der Waals surface area contributed by atoms with E-state index in [1.807, 2.05) is 44.9 Å². The smallest absolute Gasteiger partial charge is 0.268 e. The maximum atomic E-state index is 13.2. The van der Waals surface area contributed by atoms with E-state index in [-0.39, 0.29) is 5.91 Å². The molecule has 2 aromatic carbocycles. The van der Waals surface area contributed by atoms with Crippen molar-refractivity contribution in [3.63, 3.8) is 0 Å². The van der Waals surface area contributed by atoms with Crippen LogP contribution in [0.2, 0.25) is 0 Å². The van der Waals surface area contributed by atoms with E-state index in [1.165, 1.54) is 5.56 Å². The van der Waals surface area contributed by atoms with Gasteiger partial charge in [0.1, 0.15) is 6.79 Å². The highest BCUT2D eigenvalue weighted by Gasteiger charge is 2.25. The number of piperazine rings is 1. The molecule has 1 N–H and O–H groups in total. The zero-order valence-electron chi connectivity index (χ0n) is 22.4. The van der Waals surface area contributed by atoms with Crippen LogP contribution in [0.5, 0.6) is 0 Å². The number of hydrazine groups is 1. The van der Waals surface area contributed by atoms with Gasteiger partial charge in [-0.05, 0) is 42.7 Å². The third-order valence-corrected chi connectivity index (χ3v) is 6.07. The molecule has 0 saturated carbocycles. The predicted octanol–water partition coefficient (Wildman–Crippen LogP) is 4.26. The molecule has 1 amide bonds. The quantitative estimate of drug-likeness (QED) is 0.427. The van der Waals surface area contributed by atoms with Crippen LogP contribution >= 0.6 is 0 Å². The number of benzene rings is 2. The number of aldehydes is 1. The summed E-state index contributed by atoms with van der Waals surface area (Å²) in [4.78, 5) is 35.5. The van der Waals surface area contributed by atoms with Crippen LogP contribution in [0.15, 0.2) is 78.9 Å². The summed E-state index contributed by atoms with van der Waals surface area (Å²) in [6.45, 7) is 13.9. The number of allylic oxidation sites excluding steroid dienone is 5. The molecule has 0 atom stereocenters. The molecule has 2 aromatic rings. The van der Waals surface area contributed by atoms with Crippen molar-refractivity contribution in [2.45, 2.75) is 20.4 Å². The van der Waals surface area contributed by atoms with E-state index in [2.05, 4.69) is 40.8 Å². The van der Waals surface area contributed by atoms with Crippen molar-refractivity contribution in [2.24, 2.45) is 0 Å². The summed E-state index contributed by atoms with van der Waals surface area (Å²) in [6, 6.07) is 15.9. The minimum atomic E-state index is -0.167. The first-order valence-electron chi connectivity index (χ1n) is 12.1. The monoisotopic (exact) mass is 505 g/mol. The molecule has 0 aliphatic carbocycles. The first-order valence-corrected chi connectivity index (χ1v) is 12.1. The number of rotatable bonds is 8. The molecule has 0 radical (unpaired) electrons. The van der Waals surface area contributed by atoms with Gasteiger partial charge in [-0.1, -0.05) is 66.8 Å². The van der Waals surface area contributed by atoms with Crippen LogP contribution in [-0.4, -0.2) is 79.3 Å². The van der Waals surface area contributed by atoms with Gasteiger partial charge in [0.15, 0.2) is 6.29 Å². The van der Waals surface area contributed by atoms with E-state index in [9.17, 15) is 9.59 Å². The standard InChI is InChI=1S/C28H33N3O2.CH4O.CH2O/c1-5-22(3)18-24(6-2)25-12-13-27(26(19-25)21-32)28(33)29(4)31-16-14-30(15-17-31)20-23-10-8-7-9-11-23;2*1-2/h5-13,18-19,21H,1,14-17,20H2,2-4H3;2H,1H3;1H2/b22-18-,24-6+;;. The third kappa shape index (κ3) is 9.06. The minimum absolute atomic E-state index is 0.167. The molecule has 7 heteroatoms. The summed E-state index contributed by atoms with van der Waals surface area (Å²) in [6.07, 6.45) is 6.55. The maximum absolute atomic E-state index is 13.2. The lowest BCUT2D eigenvalue weighted by Gasteiger charge is -2.39. The molecule has 7 nitrogen and oxygen atoms in total. The normalized spacial score (nSPS) is 14.4. The van der Waals surface area contributed by atoms with Crippen molar-refractivity contribution in [1.82, 2.24) is 14.9 Å². The van der Waals surface area contributed by atoms with Crippen molar-refractivity contribution < 1.29 is 19.5 Å². The molecule has 1 heterocycles. The van der Waals surface area contributed by atoms with Gasteiger partial charge in [-0.25, -0.2) is 5.01 Å². The number of amides is 1. The lowest BCUT2D eigenvalue weighted by atomic mass is 9.97. The summed E-state index contributed by atoms with van der Waals surface area (Å²) in [5.74, 6) is -0.167. The molecule has 198 valence electrons. The van der Waals surface area contributed by atoms with Gasteiger partial charge < -0.3 is 9.90 Å². The fourth-order valence-corrected chi connectivity index (χ4v) is 4.01. The fourth-order valence-electron chi connectivity index (χ4n) is 4.01. The number of nitrogens with zero attached hydrogens (tertiary/aromatic N) is 3. The third-order valence-electron chi connectivity index (χ3n) is 6.07. The van der Waals surface area contributed by atoms with Crippen molar-refractivity contribution in [3.05, 3.63) is 101 Å². The summed E-state index contributed by atoms with van der Waals surface area (Å²) in [5.41, 5.74) is 5.03. The molecule has 1 saturated heterocycles. The van der Waals surface area contributed by atoms with Gasteiger partial charge >= 0.3 is 0 Å². The summed E-state index contributed by atoms with van der Waals surface area (Å²) < 4.78 is 0. The Bertz CT molecular complexity index is 1070. The number of carbonyl (C=O) groups excluding carboxylic acids is 3. The molecule has 1 fully saturated rings. The van der Waals surface area contributed by atoms with Gasteiger partial charge in [0.05, 0.1) is 5.56 Å². The molecule has 37 heavy (non-hydrogen) atoms. The topological polar surface area (TPSA) is 81.2 Å². The highest BCUT2D eigenvalue weighted by molar-refractivity contribution is 6.02. The van der Waals surface area contributed by atoms with E-state index in [1.54, 1.807) is 30.3 Å². The zero-order chi connectivity index (χ0) is 27.8. The second-order valence-electron chi connectivity index (χ2n) is 8.30. The second kappa shape index (κ2) is 16.9. The molecule has 0 bridgehead atoms. The molecular formula is C30H39N3O4. The van der Waals surface area contributed by atoms with Crippen LogP contribution < -0.4 is 0 Å². The average Bonchev–Trinajstić information content (AvgIpc) is 2.97. The lowest BCUT2D eigenvalue weighted by Crippen LogP contribution is -2.54. The minimum Gasteiger partial charge on any atom is -0.400 e. The fraction of sp³-hybridized carbons (Fsp3) is 0.300. The van der Waals surface area contributed by atoms with E-state index in [4.69, 9.17) is 9.90 Å². The van der Waals surface area contributed by atoms with Crippen molar-refractivity contribution >= 4 is 24.6 Å². The average molecular weight is 506 g/mol. The van der Waals surface area contributed by atoms with Crippen LogP contribution in [0.4, 0.5) is 0 Å². The first kappa shape index (κ1) is 31.4. The molecule has 0 unspecified atom stereocenters. The number of hydrogen-bond acceptors (Lipinski definition) is 6. The van der Waals surface area contributed by atoms with Gasteiger partial charge in [-0.3, -0.25) is 19.5 Å². The molecule has 3 rings (SSSR count). The molecule has 0 spiro atoms. The number of carbonyl (C=O) groups is 3. The second-order valence-corrected chi connectivity index (χ2v) is 8.30. The Hall–Kier alpha value is -3.65. The SMILES string of the molecule is C=C/C(C)=C\C(=C/C)c1ccc(C(=O)N(C)N2CCN(Cc3ccccc3)CC2)c(C=O)c1.C=O.CO. The molecule has 1 aliphatic heterocycles. The number of aliphatic hydroxyl groups excluding tert-OH is 1. The van der Waals surface area contributed by atoms with Gasteiger partial charge in [-0.15, -0.1) is 0 Å². The van der Waals surface area contributed by atoms with Gasteiger partial charge in [0.25, 0.3) is 5.91 Å². The van der Waals surface area contributed by atoms with Crippen molar-refractivity contribution in [2.75, 3.05) is 40.3 Å². The Morgan fingerprint density at radius 1 is 1.05 bits per heavy atom. The van der Waals surface area contributed by atoms with E-state index in [0.717, 1.165) is 62.8 Å². The summed E-state index contributed by atoms with van der Waals surface area (Å²) in [5, 5.41) is 10.7. The van der Waals surface area contributed by atoms with Gasteiger partial charge in [0, 0.05) is 52.4 Å². The maximum Gasteiger partial charge on any atom is 0.268 e. The Balaban J connectivity index is 0.00000163. The van der Waals surface area contributed by atoms with Crippen LogP contribution in [0.1, 0.15) is 45.7 Å². The Labute approximate surface area is 221 Å². The zero-order valence-corrected chi connectivity index (χ0v) is 22.4. The van der Waals surface area contributed by atoms with Crippen LogP contribution in [0, 0.1) is 0 Å². The molecular weight excluding hydrogens is 466 g/mol. The number of aliphatic hydroxyl groups is 1. The molecule has 1 aliphatic rings. The highest BCUT2D eigenvalue weighted by atomic mass is 16.2. The Morgan fingerprint density at radius 3 is 2.22 bits per heavy atom. The van der Waals surface area contributed by atoms with Crippen molar-refractivity contribution in [3.8, 4) is 0 Å².